The third kappa shape index (κ3) is 7.30. The molecule has 3 aromatic rings. The molecule has 0 aromatic heterocycles. The van der Waals surface area contributed by atoms with E-state index in [0.29, 0.717) is 18.7 Å². The molecule has 2 amide bonds. The number of carbonyl (C=O) groups excluding carboxylic acids is 2. The lowest BCUT2D eigenvalue weighted by Gasteiger charge is -2.33. The van der Waals surface area contributed by atoms with Crippen LogP contribution in [0.5, 0.6) is 0 Å². The number of rotatable bonds is 12. The first-order valence-corrected chi connectivity index (χ1v) is 15.2. The summed E-state index contributed by atoms with van der Waals surface area (Å²) < 4.78 is 29.3. The molecule has 0 heterocycles. The molecule has 0 fully saturated rings. The Labute approximate surface area is 239 Å². The fraction of sp³-hybridized carbons (Fsp3) is 0.375. The molecular weight excluding hydrogens is 522 g/mol. The molecule has 0 aliphatic heterocycles. The average molecular weight is 564 g/mol. The molecule has 0 spiro atoms. The molecule has 214 valence electrons. The monoisotopic (exact) mass is 563 g/mol. The van der Waals surface area contributed by atoms with Gasteiger partial charge in [0.05, 0.1) is 10.6 Å². The van der Waals surface area contributed by atoms with Gasteiger partial charge in [0.2, 0.25) is 11.8 Å². The van der Waals surface area contributed by atoms with E-state index >= 15 is 0 Å². The van der Waals surface area contributed by atoms with Crippen molar-refractivity contribution in [3.05, 3.63) is 94.5 Å². The number of nitrogens with zero attached hydrogens (tertiary/aromatic N) is 2. The molecule has 0 bridgehead atoms. The first-order valence-electron chi connectivity index (χ1n) is 13.8. The SMILES string of the molecule is CCCNC(=O)[C@H](CC)N(Cc1cccc(C)c1)C(=O)CN(c1cccc(C)c1C)S(=O)(=O)c1ccc(C)cc1. The number of benzene rings is 3. The Morgan fingerprint density at radius 1 is 0.875 bits per heavy atom. The van der Waals surface area contributed by atoms with Crippen LogP contribution in [0.4, 0.5) is 5.69 Å². The van der Waals surface area contributed by atoms with Crippen molar-refractivity contribution >= 4 is 27.5 Å². The summed E-state index contributed by atoms with van der Waals surface area (Å²) >= 11 is 0. The van der Waals surface area contributed by atoms with Crippen molar-refractivity contribution in [2.45, 2.75) is 71.9 Å². The number of carbonyl (C=O) groups is 2. The van der Waals surface area contributed by atoms with Gasteiger partial charge < -0.3 is 10.2 Å². The Kier molecular flexibility index (Phi) is 10.5. The highest BCUT2D eigenvalue weighted by Crippen LogP contribution is 2.29. The van der Waals surface area contributed by atoms with Crippen LogP contribution in [0.1, 0.15) is 54.5 Å². The summed E-state index contributed by atoms with van der Waals surface area (Å²) in [4.78, 5) is 29.0. The zero-order valence-electron chi connectivity index (χ0n) is 24.4. The lowest BCUT2D eigenvalue weighted by molar-refractivity contribution is -0.140. The predicted molar refractivity (Wildman–Crippen MR) is 161 cm³/mol. The second-order valence-corrected chi connectivity index (χ2v) is 12.1. The number of aryl methyl sites for hydroxylation is 3. The van der Waals surface area contributed by atoms with E-state index in [0.717, 1.165) is 34.2 Å². The van der Waals surface area contributed by atoms with Crippen LogP contribution >= 0.6 is 0 Å². The molecule has 1 N–H and O–H groups in total. The van der Waals surface area contributed by atoms with Gasteiger partial charge in [0.25, 0.3) is 10.0 Å². The number of hydrogen-bond acceptors (Lipinski definition) is 4. The van der Waals surface area contributed by atoms with Crippen molar-refractivity contribution in [2.75, 3.05) is 17.4 Å². The van der Waals surface area contributed by atoms with Crippen molar-refractivity contribution in [1.29, 1.82) is 0 Å². The maximum atomic E-state index is 14.2. The van der Waals surface area contributed by atoms with Crippen molar-refractivity contribution in [3.8, 4) is 0 Å². The minimum Gasteiger partial charge on any atom is -0.354 e. The normalized spacial score (nSPS) is 12.1. The maximum absolute atomic E-state index is 14.2. The standard InChI is InChI=1S/C32H41N3O4S/c1-7-19-33-32(37)29(8-2)34(21-27-13-9-11-24(4)20-27)31(36)22-35(30-14-10-12-25(5)26(30)6)40(38,39)28-17-15-23(3)16-18-28/h9-18,20,29H,7-8,19,21-22H2,1-6H3,(H,33,37)/t29-/m0/s1. The second kappa shape index (κ2) is 13.6. The van der Waals surface area contributed by atoms with E-state index in [1.165, 1.54) is 9.21 Å². The minimum absolute atomic E-state index is 0.102. The topological polar surface area (TPSA) is 86.8 Å². The van der Waals surface area contributed by atoms with Gasteiger partial charge in [0, 0.05) is 13.1 Å². The van der Waals surface area contributed by atoms with Crippen molar-refractivity contribution in [3.63, 3.8) is 0 Å². The Balaban J connectivity index is 2.10. The molecule has 8 heteroatoms. The highest BCUT2D eigenvalue weighted by molar-refractivity contribution is 7.92. The summed E-state index contributed by atoms with van der Waals surface area (Å²) in [6.07, 6.45) is 1.16. The summed E-state index contributed by atoms with van der Waals surface area (Å²) in [6.45, 7) is 11.7. The summed E-state index contributed by atoms with van der Waals surface area (Å²) in [5.74, 6) is -0.693. The van der Waals surface area contributed by atoms with Crippen LogP contribution < -0.4 is 9.62 Å². The Morgan fingerprint density at radius 3 is 2.17 bits per heavy atom. The molecule has 0 saturated heterocycles. The van der Waals surface area contributed by atoms with E-state index in [1.54, 1.807) is 36.4 Å². The van der Waals surface area contributed by atoms with Gasteiger partial charge in [-0.1, -0.05) is 73.5 Å². The highest BCUT2D eigenvalue weighted by atomic mass is 32.2. The molecule has 3 rings (SSSR count). The zero-order chi connectivity index (χ0) is 29.4. The van der Waals surface area contributed by atoms with Gasteiger partial charge in [0.1, 0.15) is 12.6 Å². The van der Waals surface area contributed by atoms with Gasteiger partial charge in [-0.3, -0.25) is 13.9 Å². The van der Waals surface area contributed by atoms with Crippen molar-refractivity contribution in [1.82, 2.24) is 10.2 Å². The first-order chi connectivity index (χ1) is 19.0. The molecule has 0 saturated carbocycles. The molecule has 0 radical (unpaired) electrons. The summed E-state index contributed by atoms with van der Waals surface area (Å²) in [5, 5.41) is 2.91. The highest BCUT2D eigenvalue weighted by Gasteiger charge is 2.34. The lowest BCUT2D eigenvalue weighted by atomic mass is 10.1. The summed E-state index contributed by atoms with van der Waals surface area (Å²) in [5.41, 5.74) is 4.96. The number of sulfonamides is 1. The molecular formula is C32H41N3O4S. The number of hydrogen-bond donors (Lipinski definition) is 1. The summed E-state index contributed by atoms with van der Waals surface area (Å²) in [6, 6.07) is 19.0. The quantitative estimate of drug-likeness (QED) is 0.318. The minimum atomic E-state index is -4.10. The zero-order valence-corrected chi connectivity index (χ0v) is 25.2. The fourth-order valence-electron chi connectivity index (χ4n) is 4.65. The second-order valence-electron chi connectivity index (χ2n) is 10.3. The van der Waals surface area contributed by atoms with Crippen LogP contribution in [-0.2, 0) is 26.2 Å². The predicted octanol–water partition coefficient (Wildman–Crippen LogP) is 5.45. The van der Waals surface area contributed by atoms with Gasteiger partial charge in [-0.05, 0) is 75.4 Å². The average Bonchev–Trinajstić information content (AvgIpc) is 2.92. The molecule has 0 aliphatic rings. The largest absolute Gasteiger partial charge is 0.354 e. The van der Waals surface area contributed by atoms with Gasteiger partial charge in [0.15, 0.2) is 0 Å². The number of amides is 2. The van der Waals surface area contributed by atoms with Crippen LogP contribution in [0.3, 0.4) is 0 Å². The number of anilines is 1. The first kappa shape index (κ1) is 30.9. The van der Waals surface area contributed by atoms with E-state index in [2.05, 4.69) is 5.32 Å². The molecule has 1 atom stereocenters. The lowest BCUT2D eigenvalue weighted by Crippen LogP contribution is -2.52. The van der Waals surface area contributed by atoms with E-state index in [1.807, 2.05) is 71.9 Å². The van der Waals surface area contributed by atoms with Crippen LogP contribution in [0, 0.1) is 27.7 Å². The van der Waals surface area contributed by atoms with Crippen LogP contribution in [0.15, 0.2) is 71.6 Å². The van der Waals surface area contributed by atoms with Gasteiger partial charge in [-0.2, -0.15) is 0 Å². The van der Waals surface area contributed by atoms with E-state index in [4.69, 9.17) is 0 Å². The Morgan fingerprint density at radius 2 is 1.55 bits per heavy atom. The van der Waals surface area contributed by atoms with Crippen LogP contribution in [0.2, 0.25) is 0 Å². The third-order valence-electron chi connectivity index (χ3n) is 7.10. The van der Waals surface area contributed by atoms with E-state index < -0.39 is 28.5 Å². The van der Waals surface area contributed by atoms with Crippen molar-refractivity contribution < 1.29 is 18.0 Å². The van der Waals surface area contributed by atoms with Gasteiger partial charge >= 0.3 is 0 Å². The molecule has 0 aliphatic carbocycles. The molecule has 7 nitrogen and oxygen atoms in total. The van der Waals surface area contributed by atoms with Crippen molar-refractivity contribution in [2.24, 2.45) is 0 Å². The fourth-order valence-corrected chi connectivity index (χ4v) is 6.12. The summed E-state index contributed by atoms with van der Waals surface area (Å²) in [7, 11) is -4.10. The number of nitrogens with one attached hydrogen (secondary N) is 1. The Hall–Kier alpha value is -3.65. The van der Waals surface area contributed by atoms with Crippen LogP contribution in [0.25, 0.3) is 0 Å². The van der Waals surface area contributed by atoms with E-state index in [-0.39, 0.29) is 17.3 Å². The smallest absolute Gasteiger partial charge is 0.264 e. The molecule has 40 heavy (non-hydrogen) atoms. The third-order valence-corrected chi connectivity index (χ3v) is 8.88. The van der Waals surface area contributed by atoms with Crippen LogP contribution in [-0.4, -0.2) is 44.3 Å². The van der Waals surface area contributed by atoms with Gasteiger partial charge in [-0.15, -0.1) is 0 Å². The molecule has 0 unspecified atom stereocenters. The molecule has 3 aromatic carbocycles. The Bertz CT molecular complexity index is 1430. The van der Waals surface area contributed by atoms with Gasteiger partial charge in [-0.25, -0.2) is 8.42 Å². The van der Waals surface area contributed by atoms with E-state index in [9.17, 15) is 18.0 Å². The maximum Gasteiger partial charge on any atom is 0.264 e.